The zero-order valence-electron chi connectivity index (χ0n) is 98.5. The third kappa shape index (κ3) is 81.1. The summed E-state index contributed by atoms with van der Waals surface area (Å²) in [7, 11) is -0.994. The van der Waals surface area contributed by atoms with Crippen LogP contribution in [0.2, 0.25) is 0 Å². The Labute approximate surface area is 900 Å². The lowest BCUT2D eigenvalue weighted by Gasteiger charge is -2.30. The summed E-state index contributed by atoms with van der Waals surface area (Å²) in [6.45, 7) is 82.8. The number of anilines is 1. The number of benzene rings is 2. The molecule has 0 radical (unpaired) electrons. The van der Waals surface area contributed by atoms with Crippen LogP contribution in [0.4, 0.5) is 5.69 Å². The van der Waals surface area contributed by atoms with Gasteiger partial charge in [0.1, 0.15) is 33.0 Å². The number of methoxy groups -OCH3 is 1. The number of piperidine rings is 1. The van der Waals surface area contributed by atoms with E-state index in [-0.39, 0.29) is 90.1 Å². The van der Waals surface area contributed by atoms with Gasteiger partial charge >= 0.3 is 0 Å². The van der Waals surface area contributed by atoms with Gasteiger partial charge in [0, 0.05) is 150 Å². The first-order valence-electron chi connectivity index (χ1n) is 54.8. The lowest BCUT2D eigenvalue weighted by atomic mass is 9.88. The van der Waals surface area contributed by atoms with E-state index in [1.807, 2.05) is 166 Å². The Balaban J connectivity index is -0.000000497. The monoisotopic (exact) mass is 2100 g/mol. The number of furan rings is 1. The van der Waals surface area contributed by atoms with Gasteiger partial charge in [-0.15, -0.1) is 11.3 Å². The SMILES string of the molecule is C.C=C(N)CC(C)C(C)C.CC(=O)Nc1cccc(CC(C)C)c1.CC(C)C(C)C(=O)N1CCOCC1.CC(C)C1CC(=O)C(C(C)C)C1=O.CC(C)C1CCCNC1=O.CC(C)CCCC(=O)Cc1ccccc1.CC(C)CCNC(=O)c1ccco1.CC(C)CCS(C)(=O)=O.CC(C)NC(=O)C1CC1.CCC(C)C(C)C.CCCC(=O)CC(C)C.COCCCn1ccc(C(C)C)n1.Cc1ccc(C(=O)NC(C)C)s1. The number of carbonyl (C=O) groups excluding carboxylic acids is 10. The van der Waals surface area contributed by atoms with Gasteiger partial charge in [-0.2, -0.15) is 5.10 Å². The lowest BCUT2D eigenvalue weighted by Crippen LogP contribution is -2.44. The Kier molecular flexibility index (Phi) is 85.1. The Hall–Kier alpha value is -8.46. The van der Waals surface area contributed by atoms with Gasteiger partial charge in [-0.3, -0.25) is 52.6 Å². The summed E-state index contributed by atoms with van der Waals surface area (Å²) < 4.78 is 38.2. The zero-order valence-corrected chi connectivity index (χ0v) is 100. The zero-order chi connectivity index (χ0) is 113. The highest BCUT2D eigenvalue weighted by atomic mass is 32.2. The van der Waals surface area contributed by atoms with Crippen LogP contribution in [0.5, 0.6) is 0 Å². The number of aromatic nitrogens is 2. The average molecular weight is 2100 g/mol. The Morgan fingerprint density at radius 2 is 1.19 bits per heavy atom. The highest BCUT2D eigenvalue weighted by Crippen LogP contribution is 2.34. The summed E-state index contributed by atoms with van der Waals surface area (Å²) in [5, 5.41) is 18.6. The van der Waals surface area contributed by atoms with Gasteiger partial charge in [-0.25, -0.2) is 8.42 Å². The molecule has 6 atom stereocenters. The number of nitrogens with two attached hydrogens (primary N) is 1. The third-order valence-electron chi connectivity index (χ3n) is 24.4. The fourth-order valence-corrected chi connectivity index (χ4v) is 15.8. The molecular formula is C121H215N9O15S2. The number of aryl methyl sites for hydroxylation is 2. The number of hydrogen-bond donors (Lipinski definition) is 6. The van der Waals surface area contributed by atoms with Crippen molar-refractivity contribution in [2.24, 2.45) is 112 Å². The molecule has 2 aromatic carbocycles. The minimum Gasteiger partial charge on any atom is -0.459 e. The number of nitrogens with zero attached hydrogens (tertiary/aromatic N) is 3. The summed E-state index contributed by atoms with van der Waals surface area (Å²) in [6, 6.07) is 27.7. The van der Waals surface area contributed by atoms with Gasteiger partial charge in [0.15, 0.2) is 5.76 Å². The summed E-state index contributed by atoms with van der Waals surface area (Å²) in [4.78, 5) is 117. The molecule has 6 amide bonds. The quantitative estimate of drug-likeness (QED) is 0.0157. The van der Waals surface area contributed by atoms with E-state index in [2.05, 4.69) is 196 Å². The number of amides is 6. The molecule has 2 aliphatic carbocycles. The Morgan fingerprint density at radius 3 is 1.58 bits per heavy atom. The van der Waals surface area contributed by atoms with Crippen molar-refractivity contribution in [3.63, 3.8) is 0 Å². The highest BCUT2D eigenvalue weighted by Gasteiger charge is 2.43. The molecule has 2 saturated carbocycles. The van der Waals surface area contributed by atoms with Crippen molar-refractivity contribution in [2.45, 2.75) is 390 Å². The molecule has 4 fully saturated rings. The van der Waals surface area contributed by atoms with E-state index in [1.54, 1.807) is 19.2 Å². The van der Waals surface area contributed by atoms with Crippen molar-refractivity contribution >= 4 is 85.4 Å². The number of morpholine rings is 1. The van der Waals surface area contributed by atoms with E-state index in [0.717, 1.165) is 168 Å². The summed E-state index contributed by atoms with van der Waals surface area (Å²) in [5.41, 5.74) is 10.7. The molecule has 3 aromatic heterocycles. The number of nitrogens with one attached hydrogen (secondary N) is 5. The van der Waals surface area contributed by atoms with Crippen molar-refractivity contribution in [2.75, 3.05) is 70.4 Å². The van der Waals surface area contributed by atoms with Crippen LogP contribution in [-0.2, 0) is 77.1 Å². The minimum absolute atomic E-state index is 0. The van der Waals surface area contributed by atoms with E-state index < -0.39 is 9.84 Å². The maximum absolute atomic E-state index is 11.8. The normalized spacial score (nSPS) is 15.1. The van der Waals surface area contributed by atoms with Gasteiger partial charge in [-0.05, 0) is 242 Å². The van der Waals surface area contributed by atoms with Crippen molar-refractivity contribution in [3.05, 3.63) is 142 Å². The van der Waals surface area contributed by atoms with E-state index in [0.29, 0.717) is 133 Å². The summed E-state index contributed by atoms with van der Waals surface area (Å²) in [6.07, 6.45) is 21.8. The predicted octanol–water partition coefficient (Wildman–Crippen LogP) is 27.0. The molecule has 0 spiro atoms. The number of hydrogen-bond acceptors (Lipinski definition) is 18. The van der Waals surface area contributed by atoms with Crippen LogP contribution >= 0.6 is 11.3 Å². The number of rotatable bonds is 39. The molecular weight excluding hydrogens is 1880 g/mol. The van der Waals surface area contributed by atoms with Crippen LogP contribution in [0.3, 0.4) is 0 Å². The van der Waals surface area contributed by atoms with Crippen LogP contribution in [0, 0.1) is 113 Å². The van der Waals surface area contributed by atoms with Crippen LogP contribution < -0.4 is 32.3 Å². The molecule has 6 unspecified atom stereocenters. The van der Waals surface area contributed by atoms with Crippen molar-refractivity contribution < 1.29 is 70.3 Å². The predicted molar refractivity (Wildman–Crippen MR) is 619 cm³/mol. The van der Waals surface area contributed by atoms with Crippen LogP contribution in [0.1, 0.15) is 393 Å². The van der Waals surface area contributed by atoms with Gasteiger partial charge in [0.25, 0.3) is 11.8 Å². The molecule has 5 heterocycles. The standard InChI is InChI=1S/C14H20O.C12H17NO.C11H18O2.C10H18N2O.C10H19NO2.C10H15NO2.C9H13NOS.C8H15NO.C8H17N.C8H16O.C7H13NO.C7H16.C6H14O2S.CH4/c1-12(2)7-6-10-14(15)11-13-8-4-3-5-9-13;1-9(2)7-11-5-4-6-12(8-11)13-10(3)14;1-6(2)8-5-9(12)10(7(3)4)11(8)13;1-9(2)10-5-7-12(11-10)6-4-8-13-3;1-8(2)9(3)10(12)11-4-6-13-7-5-11;1-8(2)5-6-11-10(12)9-4-3-7-13-9;1-6(2)10-9(11)8-5-4-7(3)12-8;1-6(2)7-4-3-5-9-8(7)10;1-6(2)7(3)5-8(4)9;1-4-5-8(9)6-7(2)3;1-5(2)8-7(9)6-3-4-6;1-5-7(4)6(2)3;1-6(2)4-5-9(3,7)8;/h3-5,8-9,12H,6-7,10-11H2,1-2H3;4-6,8-9H,7H2,1-3H3,(H,13,14);6-8,10H,5H2,1-4H3;5,7,9H,4,6,8H2,1-3H3;8-9H,4-7H2,1-3H3;3-4,7-8H,5-6H2,1-2H3,(H,11,12);4-6H,1-3H3,(H,10,11);6-7H,3-5H2,1-2H3,(H,9,10);6-7H,4-5,9H2,1-3H3;7H,4-6H2,1-3H3;5-6H,3-4H2,1-2H3,(H,8,9);6-7H,5H2,1-4H3;6H,4-5H2,1-3H3;1H4. The largest absolute Gasteiger partial charge is 0.459 e. The second-order valence-electron chi connectivity index (χ2n) is 44.7. The molecule has 2 saturated heterocycles. The fourth-order valence-electron chi connectivity index (χ4n) is 14.2. The average Bonchev–Trinajstić information content (AvgIpc) is 1.67. The Morgan fingerprint density at radius 1 is 0.619 bits per heavy atom. The number of thiophene rings is 1. The van der Waals surface area contributed by atoms with Gasteiger partial charge in [0.2, 0.25) is 23.6 Å². The number of ether oxygens (including phenoxy) is 2. The van der Waals surface area contributed by atoms with Gasteiger partial charge < -0.3 is 51.1 Å². The van der Waals surface area contributed by atoms with E-state index in [9.17, 15) is 56.4 Å². The first-order valence-corrected chi connectivity index (χ1v) is 57.7. The minimum atomic E-state index is -2.72. The molecule has 4 aliphatic rings. The lowest BCUT2D eigenvalue weighted by molar-refractivity contribution is -0.140. The second-order valence-corrected chi connectivity index (χ2v) is 48.2. The molecule has 26 heteroatoms. The summed E-state index contributed by atoms with van der Waals surface area (Å²) >= 11 is 1.53. The molecule has 0 bridgehead atoms. The van der Waals surface area contributed by atoms with Crippen LogP contribution in [0.25, 0.3) is 0 Å². The third-order valence-corrected chi connectivity index (χ3v) is 26.3. The van der Waals surface area contributed by atoms with E-state index in [4.69, 9.17) is 19.6 Å². The van der Waals surface area contributed by atoms with Crippen molar-refractivity contribution in [3.8, 4) is 0 Å². The molecule has 7 N–H and O–H groups in total. The number of Topliss-reactive ketones (excluding diaryl/α,β-unsaturated/α-hetero) is 4. The highest BCUT2D eigenvalue weighted by molar-refractivity contribution is 7.90. The molecule has 846 valence electrons. The second kappa shape index (κ2) is 85.1. The molecule has 147 heavy (non-hydrogen) atoms. The Bertz CT molecular complexity index is 4400. The molecule has 9 rings (SSSR count). The van der Waals surface area contributed by atoms with Gasteiger partial charge in [0.05, 0.1) is 41.7 Å². The summed E-state index contributed by atoms with van der Waals surface area (Å²) in [5.74, 6) is 10.9. The number of ketones is 4. The van der Waals surface area contributed by atoms with E-state index >= 15 is 0 Å². The smallest absolute Gasteiger partial charge is 0.286 e. The van der Waals surface area contributed by atoms with E-state index in [1.165, 1.54) is 47.6 Å². The molecule has 2 aliphatic heterocycles. The molecule has 5 aromatic rings. The maximum Gasteiger partial charge on any atom is 0.286 e. The number of allylic oxidation sites excluding steroid dienone is 1. The van der Waals surface area contributed by atoms with Crippen molar-refractivity contribution in [1.82, 2.24) is 35.9 Å². The molecule has 24 nitrogen and oxygen atoms in total. The number of sulfone groups is 1. The first-order chi connectivity index (χ1) is 68.1. The topological polar surface area (TPSA) is 344 Å². The fraction of sp³-hybridized carbons (Fsp3) is 0.711. The van der Waals surface area contributed by atoms with Gasteiger partial charge in [-0.1, -0.05) is 270 Å². The van der Waals surface area contributed by atoms with Crippen LogP contribution in [0.15, 0.2) is 114 Å². The van der Waals surface area contributed by atoms with Crippen molar-refractivity contribution in [1.29, 1.82) is 0 Å². The first kappa shape index (κ1) is 147. The number of carbonyl (C=O) groups is 10. The van der Waals surface area contributed by atoms with Crippen LogP contribution in [-0.4, -0.2) is 159 Å². The maximum atomic E-state index is 11.8.